The Morgan fingerprint density at radius 2 is 1.62 bits per heavy atom. The molecular weight excluding hydrogens is 388 g/mol. The summed E-state index contributed by atoms with van der Waals surface area (Å²) in [5.74, 6) is 0. The summed E-state index contributed by atoms with van der Waals surface area (Å²) in [5, 5.41) is 19.0. The molecule has 0 saturated carbocycles. The Morgan fingerprint density at radius 1 is 0.846 bits per heavy atom. The standard InChI is InChI=1S/C22H17BrN2O/c23-18-10-6-9-17(15-18)22(26,21-13-14-24-25-21)20-12-5-4-11-19(20)16-7-2-1-3-8-16/h1-15,26H,(H,24,25). The highest BCUT2D eigenvalue weighted by Gasteiger charge is 2.37. The fourth-order valence-electron chi connectivity index (χ4n) is 3.30. The van der Waals surface area contributed by atoms with Crippen molar-refractivity contribution in [2.24, 2.45) is 0 Å². The van der Waals surface area contributed by atoms with E-state index in [4.69, 9.17) is 0 Å². The minimum Gasteiger partial charge on any atom is -0.374 e. The van der Waals surface area contributed by atoms with Gasteiger partial charge in [0.1, 0.15) is 0 Å². The predicted octanol–water partition coefficient (Wildman–Crippen LogP) is 5.12. The highest BCUT2D eigenvalue weighted by Crippen LogP contribution is 2.41. The lowest BCUT2D eigenvalue weighted by Crippen LogP contribution is -2.30. The van der Waals surface area contributed by atoms with Gasteiger partial charge in [0, 0.05) is 16.2 Å². The van der Waals surface area contributed by atoms with Gasteiger partial charge in [-0.2, -0.15) is 5.10 Å². The first kappa shape index (κ1) is 16.8. The van der Waals surface area contributed by atoms with Gasteiger partial charge in [-0.05, 0) is 34.9 Å². The van der Waals surface area contributed by atoms with E-state index in [2.05, 4.69) is 26.1 Å². The molecule has 1 heterocycles. The zero-order valence-corrected chi connectivity index (χ0v) is 15.5. The number of aliphatic hydroxyl groups is 1. The number of benzene rings is 3. The van der Waals surface area contributed by atoms with Gasteiger partial charge in [0.25, 0.3) is 0 Å². The number of rotatable bonds is 4. The molecule has 1 unspecified atom stereocenters. The number of aromatic nitrogens is 2. The maximum Gasteiger partial charge on any atom is 0.157 e. The minimum absolute atomic E-state index is 0.624. The van der Waals surface area contributed by atoms with Crippen LogP contribution in [0.2, 0.25) is 0 Å². The second kappa shape index (κ2) is 6.90. The summed E-state index contributed by atoms with van der Waals surface area (Å²) in [6.07, 6.45) is 1.66. The van der Waals surface area contributed by atoms with Crippen molar-refractivity contribution in [3.63, 3.8) is 0 Å². The molecule has 1 aromatic heterocycles. The fourth-order valence-corrected chi connectivity index (χ4v) is 3.69. The Bertz CT molecular complexity index is 1020. The van der Waals surface area contributed by atoms with Gasteiger partial charge in [0.05, 0.1) is 5.69 Å². The molecule has 0 bridgehead atoms. The summed E-state index contributed by atoms with van der Waals surface area (Å²) in [6, 6.07) is 27.5. The van der Waals surface area contributed by atoms with Gasteiger partial charge in [-0.25, -0.2) is 0 Å². The normalized spacial score (nSPS) is 13.3. The third kappa shape index (κ3) is 2.87. The summed E-state index contributed by atoms with van der Waals surface area (Å²) in [5.41, 5.74) is 2.86. The van der Waals surface area contributed by atoms with Gasteiger partial charge < -0.3 is 5.11 Å². The molecule has 1 atom stereocenters. The van der Waals surface area contributed by atoms with E-state index in [0.717, 1.165) is 26.7 Å². The Kier molecular flexibility index (Phi) is 4.45. The topological polar surface area (TPSA) is 48.9 Å². The lowest BCUT2D eigenvalue weighted by atomic mass is 9.80. The molecule has 0 aliphatic carbocycles. The van der Waals surface area contributed by atoms with E-state index in [0.29, 0.717) is 5.69 Å². The van der Waals surface area contributed by atoms with E-state index >= 15 is 0 Å². The maximum absolute atomic E-state index is 12.0. The van der Waals surface area contributed by atoms with E-state index in [9.17, 15) is 5.11 Å². The average molecular weight is 405 g/mol. The van der Waals surface area contributed by atoms with Gasteiger partial charge in [0.15, 0.2) is 5.60 Å². The van der Waals surface area contributed by atoms with Crippen molar-refractivity contribution >= 4 is 15.9 Å². The molecule has 4 aromatic rings. The minimum atomic E-state index is -1.35. The SMILES string of the molecule is OC(c1cccc(Br)c1)(c1ccn[nH]1)c1ccccc1-c1ccccc1. The van der Waals surface area contributed by atoms with Crippen LogP contribution in [0.1, 0.15) is 16.8 Å². The maximum atomic E-state index is 12.0. The van der Waals surface area contributed by atoms with Crippen molar-refractivity contribution < 1.29 is 5.11 Å². The lowest BCUT2D eigenvalue weighted by Gasteiger charge is -2.30. The third-order valence-corrected chi connectivity index (χ3v) is 5.03. The van der Waals surface area contributed by atoms with Gasteiger partial charge in [0.2, 0.25) is 0 Å². The molecule has 0 fully saturated rings. The van der Waals surface area contributed by atoms with Crippen LogP contribution in [0, 0.1) is 0 Å². The van der Waals surface area contributed by atoms with Crippen LogP contribution in [0.25, 0.3) is 11.1 Å². The first-order valence-corrected chi connectivity index (χ1v) is 9.12. The molecule has 0 aliphatic heterocycles. The monoisotopic (exact) mass is 404 g/mol. The molecule has 128 valence electrons. The Balaban J connectivity index is 2.01. The van der Waals surface area contributed by atoms with Crippen LogP contribution in [0.15, 0.2) is 95.6 Å². The van der Waals surface area contributed by atoms with Crippen molar-refractivity contribution in [1.82, 2.24) is 10.2 Å². The smallest absolute Gasteiger partial charge is 0.157 e. The van der Waals surface area contributed by atoms with Crippen LogP contribution in [-0.2, 0) is 5.60 Å². The molecule has 4 heteroatoms. The molecule has 0 aliphatic rings. The Morgan fingerprint density at radius 3 is 2.35 bits per heavy atom. The summed E-state index contributed by atoms with van der Waals surface area (Å²) in [7, 11) is 0. The quantitative estimate of drug-likeness (QED) is 0.495. The van der Waals surface area contributed by atoms with E-state index in [1.54, 1.807) is 6.20 Å². The fraction of sp³-hybridized carbons (Fsp3) is 0.0455. The van der Waals surface area contributed by atoms with Crippen LogP contribution in [-0.4, -0.2) is 15.3 Å². The average Bonchev–Trinajstić information content (AvgIpc) is 3.23. The molecular formula is C22H17BrN2O. The molecule has 0 radical (unpaired) electrons. The summed E-state index contributed by atoms with van der Waals surface area (Å²) in [6.45, 7) is 0. The summed E-state index contributed by atoms with van der Waals surface area (Å²) >= 11 is 3.52. The molecule has 2 N–H and O–H groups in total. The Hall–Kier alpha value is -2.69. The van der Waals surface area contributed by atoms with Crippen LogP contribution < -0.4 is 0 Å². The van der Waals surface area contributed by atoms with Crippen LogP contribution in [0.3, 0.4) is 0 Å². The molecule has 0 amide bonds. The number of halogens is 1. The molecule has 3 nitrogen and oxygen atoms in total. The van der Waals surface area contributed by atoms with Gasteiger partial charge in [-0.3, -0.25) is 5.10 Å². The number of hydrogen-bond acceptors (Lipinski definition) is 2. The van der Waals surface area contributed by atoms with Crippen molar-refractivity contribution in [1.29, 1.82) is 0 Å². The van der Waals surface area contributed by atoms with Gasteiger partial charge in [-0.1, -0.05) is 82.7 Å². The number of aromatic amines is 1. The van der Waals surface area contributed by atoms with E-state index < -0.39 is 5.60 Å². The van der Waals surface area contributed by atoms with E-state index in [1.807, 2.05) is 84.9 Å². The largest absolute Gasteiger partial charge is 0.374 e. The van der Waals surface area contributed by atoms with Crippen LogP contribution in [0.4, 0.5) is 0 Å². The number of H-pyrrole nitrogens is 1. The third-order valence-electron chi connectivity index (χ3n) is 4.53. The molecule has 0 saturated heterocycles. The van der Waals surface area contributed by atoms with Gasteiger partial charge in [-0.15, -0.1) is 0 Å². The second-order valence-corrected chi connectivity index (χ2v) is 7.02. The first-order chi connectivity index (χ1) is 12.7. The second-order valence-electron chi connectivity index (χ2n) is 6.10. The van der Waals surface area contributed by atoms with Crippen molar-refractivity contribution in [2.75, 3.05) is 0 Å². The van der Waals surface area contributed by atoms with Gasteiger partial charge >= 0.3 is 0 Å². The summed E-state index contributed by atoms with van der Waals surface area (Å²) < 4.78 is 0.908. The van der Waals surface area contributed by atoms with E-state index in [1.165, 1.54) is 0 Å². The summed E-state index contributed by atoms with van der Waals surface area (Å²) in [4.78, 5) is 0. The highest BCUT2D eigenvalue weighted by atomic mass is 79.9. The molecule has 26 heavy (non-hydrogen) atoms. The Labute approximate surface area is 160 Å². The van der Waals surface area contributed by atoms with Crippen LogP contribution in [0.5, 0.6) is 0 Å². The zero-order valence-electron chi connectivity index (χ0n) is 13.9. The lowest BCUT2D eigenvalue weighted by molar-refractivity contribution is 0.121. The number of nitrogens with one attached hydrogen (secondary N) is 1. The van der Waals surface area contributed by atoms with E-state index in [-0.39, 0.29) is 0 Å². The predicted molar refractivity (Wildman–Crippen MR) is 107 cm³/mol. The van der Waals surface area contributed by atoms with Crippen molar-refractivity contribution in [3.05, 3.63) is 112 Å². The van der Waals surface area contributed by atoms with Crippen molar-refractivity contribution in [3.8, 4) is 11.1 Å². The molecule has 3 aromatic carbocycles. The molecule has 4 rings (SSSR count). The zero-order chi connectivity index (χ0) is 18.0. The molecule has 0 spiro atoms. The van der Waals surface area contributed by atoms with Crippen LogP contribution >= 0.6 is 15.9 Å². The highest BCUT2D eigenvalue weighted by molar-refractivity contribution is 9.10. The number of nitrogens with zero attached hydrogens (tertiary/aromatic N) is 1. The van der Waals surface area contributed by atoms with Crippen molar-refractivity contribution in [2.45, 2.75) is 5.60 Å². The number of hydrogen-bond donors (Lipinski definition) is 2. The first-order valence-electron chi connectivity index (χ1n) is 8.33.